The number of phenols is 2. The number of hydrogen-bond donors (Lipinski definition) is 2. The van der Waals surface area contributed by atoms with Crippen LogP contribution >= 0.6 is 0 Å². The molecule has 2 nitrogen and oxygen atoms in total. The van der Waals surface area contributed by atoms with Gasteiger partial charge in [0.25, 0.3) is 0 Å². The molecule has 0 bridgehead atoms. The van der Waals surface area contributed by atoms with Crippen molar-refractivity contribution >= 4 is 0 Å². The SMILES string of the molecule is Oc1ccccc1C(c1ccccc1O)C1CCCCC1. The van der Waals surface area contributed by atoms with Crippen LogP contribution in [0.1, 0.15) is 49.1 Å². The molecule has 110 valence electrons. The smallest absolute Gasteiger partial charge is 0.119 e. The van der Waals surface area contributed by atoms with Crippen LogP contribution in [0.2, 0.25) is 0 Å². The lowest BCUT2D eigenvalue weighted by atomic mass is 9.73. The minimum atomic E-state index is 0.0766. The lowest BCUT2D eigenvalue weighted by Crippen LogP contribution is -2.18. The summed E-state index contributed by atoms with van der Waals surface area (Å²) in [5.41, 5.74) is 1.87. The Hall–Kier alpha value is -1.96. The molecule has 1 fully saturated rings. The summed E-state index contributed by atoms with van der Waals surface area (Å²) in [7, 11) is 0. The summed E-state index contributed by atoms with van der Waals surface area (Å²) in [5, 5.41) is 20.6. The van der Waals surface area contributed by atoms with Gasteiger partial charge in [0.1, 0.15) is 11.5 Å². The topological polar surface area (TPSA) is 40.5 Å². The van der Waals surface area contributed by atoms with Gasteiger partial charge in [-0.25, -0.2) is 0 Å². The summed E-state index contributed by atoms with van der Waals surface area (Å²) in [4.78, 5) is 0. The van der Waals surface area contributed by atoms with Crippen molar-refractivity contribution in [2.24, 2.45) is 5.92 Å². The van der Waals surface area contributed by atoms with E-state index in [0.717, 1.165) is 24.0 Å². The number of benzene rings is 2. The van der Waals surface area contributed by atoms with E-state index in [1.165, 1.54) is 19.3 Å². The van der Waals surface area contributed by atoms with Crippen molar-refractivity contribution < 1.29 is 10.2 Å². The van der Waals surface area contributed by atoms with Gasteiger partial charge in [-0.05, 0) is 30.9 Å². The lowest BCUT2D eigenvalue weighted by molar-refractivity contribution is 0.317. The molecule has 0 aromatic heterocycles. The summed E-state index contributed by atoms with van der Waals surface area (Å²) in [6.45, 7) is 0. The zero-order valence-corrected chi connectivity index (χ0v) is 12.2. The predicted octanol–water partition coefficient (Wildman–Crippen LogP) is 4.81. The van der Waals surface area contributed by atoms with E-state index in [1.54, 1.807) is 12.1 Å². The molecule has 0 atom stereocenters. The lowest BCUT2D eigenvalue weighted by Gasteiger charge is -2.31. The molecule has 2 aromatic rings. The van der Waals surface area contributed by atoms with Gasteiger partial charge in [0.15, 0.2) is 0 Å². The number of phenolic OH excluding ortho intramolecular Hbond substituents is 2. The summed E-state index contributed by atoms with van der Waals surface area (Å²) >= 11 is 0. The van der Waals surface area contributed by atoms with E-state index in [-0.39, 0.29) is 5.92 Å². The molecule has 2 aromatic carbocycles. The fraction of sp³-hybridized carbons (Fsp3) is 0.368. The molecule has 0 aliphatic heterocycles. The quantitative estimate of drug-likeness (QED) is 0.848. The van der Waals surface area contributed by atoms with Crippen molar-refractivity contribution in [1.29, 1.82) is 0 Å². The van der Waals surface area contributed by atoms with E-state index in [2.05, 4.69) is 0 Å². The van der Waals surface area contributed by atoms with Crippen molar-refractivity contribution in [3.63, 3.8) is 0 Å². The zero-order chi connectivity index (χ0) is 14.7. The molecular formula is C19H22O2. The Morgan fingerprint density at radius 3 is 1.67 bits per heavy atom. The maximum absolute atomic E-state index is 10.3. The monoisotopic (exact) mass is 282 g/mol. The third-order valence-corrected chi connectivity index (χ3v) is 4.66. The largest absolute Gasteiger partial charge is 0.508 e. The highest BCUT2D eigenvalue weighted by atomic mass is 16.3. The molecule has 0 radical (unpaired) electrons. The van der Waals surface area contributed by atoms with E-state index < -0.39 is 0 Å². The number of hydrogen-bond acceptors (Lipinski definition) is 2. The first-order valence-corrected chi connectivity index (χ1v) is 7.83. The van der Waals surface area contributed by atoms with Gasteiger partial charge in [-0.2, -0.15) is 0 Å². The van der Waals surface area contributed by atoms with Crippen LogP contribution in [0, 0.1) is 5.92 Å². The summed E-state index contributed by atoms with van der Waals surface area (Å²) in [5.74, 6) is 1.22. The van der Waals surface area contributed by atoms with Gasteiger partial charge in [0, 0.05) is 17.0 Å². The van der Waals surface area contributed by atoms with Gasteiger partial charge in [-0.15, -0.1) is 0 Å². The van der Waals surface area contributed by atoms with Crippen LogP contribution in [-0.4, -0.2) is 10.2 Å². The highest BCUT2D eigenvalue weighted by Crippen LogP contribution is 2.45. The van der Waals surface area contributed by atoms with Gasteiger partial charge >= 0.3 is 0 Å². The molecule has 21 heavy (non-hydrogen) atoms. The van der Waals surface area contributed by atoms with E-state index in [4.69, 9.17) is 0 Å². The number of rotatable bonds is 3. The second-order valence-corrected chi connectivity index (χ2v) is 5.99. The van der Waals surface area contributed by atoms with Crippen molar-refractivity contribution in [2.75, 3.05) is 0 Å². The minimum Gasteiger partial charge on any atom is -0.508 e. The molecule has 0 unspecified atom stereocenters. The van der Waals surface area contributed by atoms with E-state index >= 15 is 0 Å². The normalized spacial score (nSPS) is 16.2. The first-order valence-electron chi connectivity index (χ1n) is 7.83. The minimum absolute atomic E-state index is 0.0766. The zero-order valence-electron chi connectivity index (χ0n) is 12.2. The molecular weight excluding hydrogens is 260 g/mol. The molecule has 1 aliphatic carbocycles. The molecule has 2 heteroatoms. The molecule has 0 saturated heterocycles. The third-order valence-electron chi connectivity index (χ3n) is 4.66. The highest BCUT2D eigenvalue weighted by Gasteiger charge is 2.29. The highest BCUT2D eigenvalue weighted by molar-refractivity contribution is 5.46. The van der Waals surface area contributed by atoms with Crippen LogP contribution in [0.3, 0.4) is 0 Å². The first-order chi connectivity index (χ1) is 10.3. The molecule has 1 aliphatic rings. The third kappa shape index (κ3) is 2.90. The van der Waals surface area contributed by atoms with Crippen LogP contribution < -0.4 is 0 Å². The summed E-state index contributed by atoms with van der Waals surface area (Å²) in [6.07, 6.45) is 6.09. The average molecular weight is 282 g/mol. The Bertz CT molecular complexity index is 555. The van der Waals surface area contributed by atoms with Crippen LogP contribution in [0.4, 0.5) is 0 Å². The molecule has 0 heterocycles. The fourth-order valence-electron chi connectivity index (χ4n) is 3.64. The van der Waals surface area contributed by atoms with Crippen molar-refractivity contribution in [3.8, 4) is 11.5 Å². The van der Waals surface area contributed by atoms with Crippen molar-refractivity contribution in [3.05, 3.63) is 59.7 Å². The van der Waals surface area contributed by atoms with Crippen LogP contribution in [0.25, 0.3) is 0 Å². The Morgan fingerprint density at radius 1 is 0.714 bits per heavy atom. The van der Waals surface area contributed by atoms with Crippen molar-refractivity contribution in [1.82, 2.24) is 0 Å². The van der Waals surface area contributed by atoms with Crippen LogP contribution in [0.5, 0.6) is 11.5 Å². The van der Waals surface area contributed by atoms with Gasteiger partial charge in [-0.1, -0.05) is 55.7 Å². The Kier molecular flexibility index (Phi) is 4.14. The molecule has 0 spiro atoms. The van der Waals surface area contributed by atoms with Gasteiger partial charge in [0.05, 0.1) is 0 Å². The Balaban J connectivity index is 2.07. The summed E-state index contributed by atoms with van der Waals surface area (Å²) < 4.78 is 0. The molecule has 3 rings (SSSR count). The number of aromatic hydroxyl groups is 2. The van der Waals surface area contributed by atoms with E-state index in [9.17, 15) is 10.2 Å². The standard InChI is InChI=1S/C19H22O2/c20-17-12-6-4-10-15(17)19(14-8-2-1-3-9-14)16-11-5-7-13-18(16)21/h4-7,10-14,19-21H,1-3,8-9H2. The second-order valence-electron chi connectivity index (χ2n) is 5.99. The predicted molar refractivity (Wildman–Crippen MR) is 84.6 cm³/mol. The first kappa shape index (κ1) is 14.0. The maximum Gasteiger partial charge on any atom is 0.119 e. The van der Waals surface area contributed by atoms with Gasteiger partial charge in [0.2, 0.25) is 0 Å². The second kappa shape index (κ2) is 6.21. The van der Waals surface area contributed by atoms with Crippen LogP contribution in [-0.2, 0) is 0 Å². The average Bonchev–Trinajstić information content (AvgIpc) is 2.52. The summed E-state index contributed by atoms with van der Waals surface area (Å²) in [6, 6.07) is 15.1. The maximum atomic E-state index is 10.3. The van der Waals surface area contributed by atoms with Gasteiger partial charge in [-0.3, -0.25) is 0 Å². The van der Waals surface area contributed by atoms with E-state index in [1.807, 2.05) is 36.4 Å². The molecule has 1 saturated carbocycles. The Morgan fingerprint density at radius 2 is 1.19 bits per heavy atom. The number of para-hydroxylation sites is 2. The van der Waals surface area contributed by atoms with E-state index in [0.29, 0.717) is 17.4 Å². The fourth-order valence-corrected chi connectivity index (χ4v) is 3.64. The Labute approximate surface area is 126 Å². The molecule has 0 amide bonds. The van der Waals surface area contributed by atoms with Crippen LogP contribution in [0.15, 0.2) is 48.5 Å². The molecule has 2 N–H and O–H groups in total. The van der Waals surface area contributed by atoms with Gasteiger partial charge < -0.3 is 10.2 Å². The van der Waals surface area contributed by atoms with Crippen molar-refractivity contribution in [2.45, 2.75) is 38.0 Å².